The van der Waals surface area contributed by atoms with Crippen LogP contribution in [-0.2, 0) is 0 Å². The van der Waals surface area contributed by atoms with Crippen molar-refractivity contribution < 1.29 is 9.90 Å². The van der Waals surface area contributed by atoms with Gasteiger partial charge in [-0.15, -0.1) is 11.3 Å². The topological polar surface area (TPSA) is 75.1 Å². The molecule has 0 aliphatic rings. The van der Waals surface area contributed by atoms with Crippen molar-refractivity contribution in [3.05, 3.63) is 71.6 Å². The molecule has 4 rings (SSSR count). The molecule has 122 valence electrons. The number of carboxylic acid groups (broad SMARTS) is 1. The number of para-hydroxylation sites is 1. The summed E-state index contributed by atoms with van der Waals surface area (Å²) >= 11 is 1.59. The number of hydrogen-bond donors (Lipinski definition) is 2. The molecule has 0 saturated heterocycles. The molecule has 6 heteroatoms. The van der Waals surface area contributed by atoms with Crippen molar-refractivity contribution in [1.82, 2.24) is 9.97 Å². The monoisotopic (exact) mass is 347 g/mol. The SMILES string of the molecule is O=C(O)c1ccc(Nc2nc(-c3cccs3)nc3ccccc23)cc1. The summed E-state index contributed by atoms with van der Waals surface area (Å²) in [6.07, 6.45) is 0. The maximum atomic E-state index is 11.0. The van der Waals surface area contributed by atoms with Gasteiger partial charge in [0.1, 0.15) is 5.82 Å². The van der Waals surface area contributed by atoms with Gasteiger partial charge in [0, 0.05) is 11.1 Å². The third kappa shape index (κ3) is 3.07. The van der Waals surface area contributed by atoms with Gasteiger partial charge in [0.2, 0.25) is 0 Å². The van der Waals surface area contributed by atoms with E-state index in [-0.39, 0.29) is 5.56 Å². The Labute approximate surface area is 147 Å². The van der Waals surface area contributed by atoms with Crippen LogP contribution in [0.3, 0.4) is 0 Å². The Hall–Kier alpha value is -3.25. The molecule has 0 saturated carbocycles. The van der Waals surface area contributed by atoms with Crippen molar-refractivity contribution in [2.45, 2.75) is 0 Å². The summed E-state index contributed by atoms with van der Waals surface area (Å²) in [6, 6.07) is 18.3. The summed E-state index contributed by atoms with van der Waals surface area (Å²) in [5.41, 5.74) is 1.87. The maximum absolute atomic E-state index is 11.0. The Morgan fingerprint density at radius 3 is 2.48 bits per heavy atom. The molecule has 0 unspecified atom stereocenters. The Morgan fingerprint density at radius 1 is 0.960 bits per heavy atom. The number of nitrogens with zero attached hydrogens (tertiary/aromatic N) is 2. The maximum Gasteiger partial charge on any atom is 0.335 e. The van der Waals surface area contributed by atoms with Crippen LogP contribution in [0.25, 0.3) is 21.6 Å². The lowest BCUT2D eigenvalue weighted by molar-refractivity contribution is 0.0697. The highest BCUT2D eigenvalue weighted by atomic mass is 32.1. The quantitative estimate of drug-likeness (QED) is 0.554. The predicted octanol–water partition coefficient (Wildman–Crippen LogP) is 4.80. The zero-order valence-corrected chi connectivity index (χ0v) is 13.8. The molecular weight excluding hydrogens is 334 g/mol. The van der Waals surface area contributed by atoms with Crippen LogP contribution >= 0.6 is 11.3 Å². The first-order valence-corrected chi connectivity index (χ1v) is 8.50. The lowest BCUT2D eigenvalue weighted by Crippen LogP contribution is -2.00. The number of thiophene rings is 1. The third-order valence-corrected chi connectivity index (χ3v) is 4.61. The van der Waals surface area contributed by atoms with Gasteiger partial charge in [-0.1, -0.05) is 18.2 Å². The van der Waals surface area contributed by atoms with E-state index in [2.05, 4.69) is 15.3 Å². The molecule has 0 bridgehead atoms. The molecule has 2 heterocycles. The van der Waals surface area contributed by atoms with Crippen LogP contribution in [0.2, 0.25) is 0 Å². The first-order valence-electron chi connectivity index (χ1n) is 7.62. The van der Waals surface area contributed by atoms with E-state index in [1.165, 1.54) is 0 Å². The van der Waals surface area contributed by atoms with Crippen LogP contribution in [0.1, 0.15) is 10.4 Å². The fourth-order valence-electron chi connectivity index (χ4n) is 2.52. The molecule has 0 amide bonds. The molecule has 2 N–H and O–H groups in total. The molecule has 0 aliphatic carbocycles. The number of rotatable bonds is 4. The number of nitrogens with one attached hydrogen (secondary N) is 1. The summed E-state index contributed by atoms with van der Waals surface area (Å²) in [7, 11) is 0. The highest BCUT2D eigenvalue weighted by Crippen LogP contribution is 2.29. The Kier molecular flexibility index (Phi) is 3.87. The molecule has 0 atom stereocenters. The minimum Gasteiger partial charge on any atom is -0.478 e. The van der Waals surface area contributed by atoms with Crippen LogP contribution in [0, 0.1) is 0 Å². The normalized spacial score (nSPS) is 10.7. The fraction of sp³-hybridized carbons (Fsp3) is 0. The number of benzene rings is 2. The van der Waals surface area contributed by atoms with Crippen molar-refractivity contribution in [3.8, 4) is 10.7 Å². The molecule has 5 nitrogen and oxygen atoms in total. The van der Waals surface area contributed by atoms with E-state index in [0.717, 1.165) is 21.5 Å². The molecule has 0 spiro atoms. The van der Waals surface area contributed by atoms with Gasteiger partial charge in [-0.3, -0.25) is 0 Å². The first kappa shape index (κ1) is 15.3. The summed E-state index contributed by atoms with van der Waals surface area (Å²) in [5, 5.41) is 15.2. The standard InChI is InChI=1S/C19H13N3O2S/c23-19(24)12-7-9-13(10-8-12)20-17-14-4-1-2-5-15(14)21-18(22-17)16-6-3-11-25-16/h1-11H,(H,23,24)(H,20,21,22). The Balaban J connectivity index is 1.78. The minimum absolute atomic E-state index is 0.248. The summed E-state index contributed by atoms with van der Waals surface area (Å²) in [6.45, 7) is 0. The van der Waals surface area contributed by atoms with Gasteiger partial charge in [0.15, 0.2) is 5.82 Å². The second-order valence-electron chi connectivity index (χ2n) is 5.40. The van der Waals surface area contributed by atoms with Crippen LogP contribution < -0.4 is 5.32 Å². The number of anilines is 2. The van der Waals surface area contributed by atoms with E-state index in [1.54, 1.807) is 35.6 Å². The number of carboxylic acids is 1. The van der Waals surface area contributed by atoms with Gasteiger partial charge >= 0.3 is 5.97 Å². The molecule has 4 aromatic rings. The van der Waals surface area contributed by atoms with Crippen LogP contribution in [0.4, 0.5) is 11.5 Å². The molecule has 2 aromatic carbocycles. The van der Waals surface area contributed by atoms with Crippen molar-refractivity contribution in [3.63, 3.8) is 0 Å². The number of fused-ring (bicyclic) bond motifs is 1. The number of carbonyl (C=O) groups is 1. The van der Waals surface area contributed by atoms with Gasteiger partial charge in [-0.25, -0.2) is 14.8 Å². The molecule has 0 aliphatic heterocycles. The Morgan fingerprint density at radius 2 is 1.76 bits per heavy atom. The smallest absolute Gasteiger partial charge is 0.335 e. The van der Waals surface area contributed by atoms with Gasteiger partial charge in [0.25, 0.3) is 0 Å². The Bertz CT molecular complexity index is 1040. The summed E-state index contributed by atoms with van der Waals surface area (Å²) < 4.78 is 0. The van der Waals surface area contributed by atoms with Crippen LogP contribution in [0.15, 0.2) is 66.0 Å². The highest BCUT2D eigenvalue weighted by molar-refractivity contribution is 7.13. The fourth-order valence-corrected chi connectivity index (χ4v) is 3.18. The van der Waals surface area contributed by atoms with Crippen molar-refractivity contribution >= 4 is 39.7 Å². The van der Waals surface area contributed by atoms with Gasteiger partial charge < -0.3 is 10.4 Å². The van der Waals surface area contributed by atoms with E-state index in [0.29, 0.717) is 11.6 Å². The third-order valence-electron chi connectivity index (χ3n) is 3.74. The molecular formula is C19H13N3O2S. The first-order chi connectivity index (χ1) is 12.2. The van der Waals surface area contributed by atoms with Gasteiger partial charge in [0.05, 0.1) is 16.0 Å². The van der Waals surface area contributed by atoms with Crippen molar-refractivity contribution in [2.24, 2.45) is 0 Å². The number of hydrogen-bond acceptors (Lipinski definition) is 5. The summed E-state index contributed by atoms with van der Waals surface area (Å²) in [4.78, 5) is 21.3. The molecule has 25 heavy (non-hydrogen) atoms. The largest absolute Gasteiger partial charge is 0.478 e. The number of aromatic carboxylic acids is 1. The average Bonchev–Trinajstić information content (AvgIpc) is 3.17. The van der Waals surface area contributed by atoms with Crippen molar-refractivity contribution in [1.29, 1.82) is 0 Å². The second-order valence-corrected chi connectivity index (χ2v) is 6.35. The number of aromatic nitrogens is 2. The highest BCUT2D eigenvalue weighted by Gasteiger charge is 2.10. The van der Waals surface area contributed by atoms with Crippen molar-refractivity contribution in [2.75, 3.05) is 5.32 Å². The van der Waals surface area contributed by atoms with Gasteiger partial charge in [-0.2, -0.15) is 0 Å². The average molecular weight is 347 g/mol. The predicted molar refractivity (Wildman–Crippen MR) is 99.5 cm³/mol. The molecule has 0 fully saturated rings. The lowest BCUT2D eigenvalue weighted by atomic mass is 10.2. The summed E-state index contributed by atoms with van der Waals surface area (Å²) in [5.74, 6) is 0.412. The zero-order chi connectivity index (χ0) is 17.2. The van der Waals surface area contributed by atoms with E-state index in [4.69, 9.17) is 5.11 Å². The second kappa shape index (κ2) is 6.33. The van der Waals surface area contributed by atoms with E-state index < -0.39 is 5.97 Å². The van der Waals surface area contributed by atoms with Crippen LogP contribution in [-0.4, -0.2) is 21.0 Å². The van der Waals surface area contributed by atoms with E-state index in [1.807, 2.05) is 41.8 Å². The zero-order valence-electron chi connectivity index (χ0n) is 13.0. The van der Waals surface area contributed by atoms with Crippen LogP contribution in [0.5, 0.6) is 0 Å². The lowest BCUT2D eigenvalue weighted by Gasteiger charge is -2.10. The van der Waals surface area contributed by atoms with E-state index >= 15 is 0 Å². The van der Waals surface area contributed by atoms with Gasteiger partial charge in [-0.05, 0) is 47.8 Å². The van der Waals surface area contributed by atoms with E-state index in [9.17, 15) is 4.79 Å². The minimum atomic E-state index is -0.945. The molecule has 2 aromatic heterocycles. The molecule has 0 radical (unpaired) electrons.